The summed E-state index contributed by atoms with van der Waals surface area (Å²) >= 11 is 0. The zero-order valence-corrected chi connectivity index (χ0v) is 13.5. The highest BCUT2D eigenvalue weighted by Crippen LogP contribution is 2.07. The lowest BCUT2D eigenvalue weighted by Crippen LogP contribution is -2.51. The number of carbonyl (C=O) groups is 3. The van der Waals surface area contributed by atoms with Gasteiger partial charge in [-0.25, -0.2) is 9.59 Å². The second-order valence-electron chi connectivity index (χ2n) is 4.73. The van der Waals surface area contributed by atoms with E-state index in [9.17, 15) is 14.7 Å². The molecule has 1 heterocycles. The Bertz CT molecular complexity index is 572. The number of aliphatic hydroxyl groups is 2. The van der Waals surface area contributed by atoms with Crippen LogP contribution in [0, 0.1) is 0 Å². The summed E-state index contributed by atoms with van der Waals surface area (Å²) in [6, 6.07) is -3.08. The molecule has 0 spiro atoms. The number of hydrogen-bond acceptors (Lipinski definition) is 9. The summed E-state index contributed by atoms with van der Waals surface area (Å²) < 4.78 is 5.07. The smallest absolute Gasteiger partial charge is 0.328 e. The Morgan fingerprint density at radius 1 is 1.28 bits per heavy atom. The lowest BCUT2D eigenvalue weighted by atomic mass is 10.2. The van der Waals surface area contributed by atoms with Gasteiger partial charge in [-0.15, -0.1) is 10.2 Å². The number of hydrogen-bond donors (Lipinski definition) is 7. The summed E-state index contributed by atoms with van der Waals surface area (Å²) in [6.07, 6.45) is -1.26. The van der Waals surface area contributed by atoms with E-state index in [1.807, 2.05) is 0 Å². The largest absolute Gasteiger partial charge is 0.481 e. The molecule has 13 nitrogen and oxygen atoms in total. The minimum Gasteiger partial charge on any atom is -0.481 e. The third-order valence-electron chi connectivity index (χ3n) is 2.43. The van der Waals surface area contributed by atoms with E-state index >= 15 is 0 Å². The summed E-state index contributed by atoms with van der Waals surface area (Å²) in [5.74, 6) is -2.15. The van der Waals surface area contributed by atoms with E-state index < -0.39 is 36.2 Å². The van der Waals surface area contributed by atoms with Crippen LogP contribution in [0.4, 0.5) is 4.79 Å². The van der Waals surface area contributed by atoms with Crippen molar-refractivity contribution >= 4 is 18.0 Å². The van der Waals surface area contributed by atoms with Gasteiger partial charge in [-0.3, -0.25) is 4.79 Å². The lowest BCUT2D eigenvalue weighted by Gasteiger charge is -2.16. The minimum atomic E-state index is -1.44. The second kappa shape index (κ2) is 10.9. The van der Waals surface area contributed by atoms with Gasteiger partial charge in [-0.1, -0.05) is 0 Å². The van der Waals surface area contributed by atoms with Gasteiger partial charge in [-0.2, -0.15) is 0 Å². The Morgan fingerprint density at radius 2 is 1.84 bits per heavy atom. The Morgan fingerprint density at radius 3 is 2.28 bits per heavy atom. The third kappa shape index (κ3) is 9.19. The van der Waals surface area contributed by atoms with E-state index in [1.54, 1.807) is 0 Å². The van der Waals surface area contributed by atoms with Gasteiger partial charge in [0.05, 0.1) is 19.3 Å². The molecule has 0 bridgehead atoms. The number of aliphatic carboxylic acids is 2. The predicted molar refractivity (Wildman–Crippen MR) is 80.1 cm³/mol. The van der Waals surface area contributed by atoms with Crippen LogP contribution >= 0.6 is 0 Å². The number of nitrogens with one attached hydrogen (secondary N) is 2. The molecule has 2 amide bonds. The fraction of sp³-hybridized carbons (Fsp3) is 0.583. The van der Waals surface area contributed by atoms with Crippen LogP contribution in [0.2, 0.25) is 0 Å². The minimum absolute atomic E-state index is 0.0158. The second-order valence-corrected chi connectivity index (χ2v) is 4.73. The van der Waals surface area contributed by atoms with E-state index in [1.165, 1.54) is 6.92 Å². The maximum absolute atomic E-state index is 11.5. The number of aliphatic hydroxyl groups excluding tert-OH is 2. The van der Waals surface area contributed by atoms with Gasteiger partial charge < -0.3 is 41.2 Å². The van der Waals surface area contributed by atoms with Gasteiger partial charge in [0.1, 0.15) is 6.04 Å². The van der Waals surface area contributed by atoms with Crippen LogP contribution < -0.4 is 16.4 Å². The zero-order valence-electron chi connectivity index (χ0n) is 13.5. The molecule has 1 rings (SSSR count). The number of carboxylic acids is 2. The van der Waals surface area contributed by atoms with Crippen molar-refractivity contribution in [1.29, 1.82) is 0 Å². The number of carbonyl (C=O) groups excluding carboxylic acids is 1. The first-order chi connectivity index (χ1) is 11.6. The van der Waals surface area contributed by atoms with Crippen molar-refractivity contribution in [3.8, 4) is 0 Å². The van der Waals surface area contributed by atoms with Crippen molar-refractivity contribution in [2.75, 3.05) is 6.61 Å². The van der Waals surface area contributed by atoms with Crippen LogP contribution in [0.5, 0.6) is 0 Å². The number of amides is 2. The molecular formula is C12H21N5O8. The van der Waals surface area contributed by atoms with Crippen molar-refractivity contribution in [3.05, 3.63) is 11.8 Å². The lowest BCUT2D eigenvalue weighted by molar-refractivity contribution is -0.141. The standard InChI is InChI=1S/C10H17N5O6.C2H4O2/c1-4(17)7(9(18)19)13-10(20)12-2-6-14-15-8(21-6)5(11)3-16;1-2(3)4/h4-5,7,16-17H,2-3,11H2,1H3,(H,18,19)(H2,12,13,20);1H3,(H,3,4). The number of aromatic nitrogens is 2. The van der Waals surface area contributed by atoms with Crippen LogP contribution in [-0.4, -0.2) is 67.3 Å². The van der Waals surface area contributed by atoms with Gasteiger partial charge in [0.25, 0.3) is 5.97 Å². The Balaban J connectivity index is 0.00000129. The Kier molecular flexibility index (Phi) is 9.69. The van der Waals surface area contributed by atoms with Crippen molar-refractivity contribution < 1.29 is 39.2 Å². The first kappa shape index (κ1) is 22.2. The van der Waals surface area contributed by atoms with Gasteiger partial charge in [0.2, 0.25) is 11.8 Å². The van der Waals surface area contributed by atoms with Gasteiger partial charge in [0.15, 0.2) is 6.04 Å². The molecule has 25 heavy (non-hydrogen) atoms. The molecule has 1 aromatic heterocycles. The van der Waals surface area contributed by atoms with Gasteiger partial charge in [-0.05, 0) is 6.92 Å². The molecule has 0 radical (unpaired) electrons. The van der Waals surface area contributed by atoms with Crippen LogP contribution in [0.3, 0.4) is 0 Å². The quantitative estimate of drug-likeness (QED) is 0.275. The molecule has 142 valence electrons. The van der Waals surface area contributed by atoms with E-state index in [2.05, 4.69) is 20.8 Å². The van der Waals surface area contributed by atoms with Gasteiger partial charge in [0, 0.05) is 6.92 Å². The summed E-state index contributed by atoms with van der Waals surface area (Å²) in [5.41, 5.74) is 5.46. The molecule has 0 aliphatic rings. The number of rotatable bonds is 7. The highest BCUT2D eigenvalue weighted by atomic mass is 16.4. The monoisotopic (exact) mass is 363 g/mol. The number of urea groups is 1. The number of nitrogens with zero attached hydrogens (tertiary/aromatic N) is 2. The molecule has 13 heteroatoms. The Hall–Kier alpha value is -2.77. The number of nitrogens with two attached hydrogens (primary N) is 1. The summed E-state index contributed by atoms with van der Waals surface area (Å²) in [6.45, 7) is 1.78. The molecule has 3 unspecified atom stereocenters. The first-order valence-electron chi connectivity index (χ1n) is 6.91. The van der Waals surface area contributed by atoms with Crippen molar-refractivity contribution in [2.45, 2.75) is 38.6 Å². The van der Waals surface area contributed by atoms with E-state index in [4.69, 9.17) is 30.3 Å². The topological polar surface area (TPSA) is 221 Å². The fourth-order valence-electron chi connectivity index (χ4n) is 1.30. The average Bonchev–Trinajstić information content (AvgIpc) is 2.97. The highest BCUT2D eigenvalue weighted by molar-refractivity contribution is 5.82. The molecule has 3 atom stereocenters. The fourth-order valence-corrected chi connectivity index (χ4v) is 1.30. The molecule has 0 aromatic carbocycles. The summed E-state index contributed by atoms with van der Waals surface area (Å²) in [7, 11) is 0. The van der Waals surface area contributed by atoms with Crippen LogP contribution in [0.1, 0.15) is 31.7 Å². The first-order valence-corrected chi connectivity index (χ1v) is 6.91. The van der Waals surface area contributed by atoms with E-state index in [-0.39, 0.29) is 24.9 Å². The number of carboxylic acid groups (broad SMARTS) is 2. The summed E-state index contributed by atoms with van der Waals surface area (Å²) in [4.78, 5) is 31.3. The van der Waals surface area contributed by atoms with E-state index in [0.29, 0.717) is 0 Å². The molecular weight excluding hydrogens is 342 g/mol. The van der Waals surface area contributed by atoms with Crippen molar-refractivity contribution in [2.24, 2.45) is 5.73 Å². The van der Waals surface area contributed by atoms with Crippen LogP contribution in [0.15, 0.2) is 4.42 Å². The molecule has 0 aliphatic carbocycles. The Labute approximate surface area is 141 Å². The molecule has 0 saturated heterocycles. The SMILES string of the molecule is CC(=O)O.CC(O)C(NC(=O)NCc1nnc(C(N)CO)o1)C(=O)O. The van der Waals surface area contributed by atoms with Crippen LogP contribution in [-0.2, 0) is 16.1 Å². The maximum Gasteiger partial charge on any atom is 0.328 e. The molecule has 8 N–H and O–H groups in total. The molecule has 0 saturated carbocycles. The normalized spacial score (nSPS) is 13.6. The van der Waals surface area contributed by atoms with Gasteiger partial charge >= 0.3 is 12.0 Å². The average molecular weight is 363 g/mol. The summed E-state index contributed by atoms with van der Waals surface area (Å²) in [5, 5.41) is 45.7. The highest BCUT2D eigenvalue weighted by Gasteiger charge is 2.25. The van der Waals surface area contributed by atoms with E-state index in [0.717, 1.165) is 6.92 Å². The molecule has 0 fully saturated rings. The third-order valence-corrected chi connectivity index (χ3v) is 2.43. The van der Waals surface area contributed by atoms with Crippen LogP contribution in [0.25, 0.3) is 0 Å². The maximum atomic E-state index is 11.5. The molecule has 0 aliphatic heterocycles. The predicted octanol–water partition coefficient (Wildman–Crippen LogP) is -2.21. The van der Waals surface area contributed by atoms with Crippen molar-refractivity contribution in [1.82, 2.24) is 20.8 Å². The van der Waals surface area contributed by atoms with Crippen molar-refractivity contribution in [3.63, 3.8) is 0 Å². The molecule has 1 aromatic rings. The zero-order chi connectivity index (χ0) is 19.6.